The van der Waals surface area contributed by atoms with Gasteiger partial charge in [0.2, 0.25) is 0 Å². The van der Waals surface area contributed by atoms with E-state index in [1.165, 1.54) is 44.2 Å². The van der Waals surface area contributed by atoms with Crippen LogP contribution < -0.4 is 5.32 Å². The topological polar surface area (TPSA) is 68.0 Å². The minimum absolute atomic E-state index is 0.270. The molecular weight excluding hydrogens is 965 g/mol. The third kappa shape index (κ3) is 7.39. The Hall–Kier alpha value is -10.0. The summed E-state index contributed by atoms with van der Waals surface area (Å²) in [5.41, 5.74) is 20.9. The lowest BCUT2D eigenvalue weighted by Gasteiger charge is -2.34. The molecular formula is C73H50N4O2. The predicted molar refractivity (Wildman–Crippen MR) is 325 cm³/mol. The molecule has 2 aliphatic rings. The van der Waals surface area contributed by atoms with Crippen LogP contribution in [-0.2, 0) is 6.42 Å². The van der Waals surface area contributed by atoms with Crippen LogP contribution in [0.5, 0.6) is 0 Å². The smallest absolute Gasteiger partial charge is 0.159 e. The van der Waals surface area contributed by atoms with Crippen molar-refractivity contribution in [3.8, 4) is 39.1 Å². The number of nitrogens with one attached hydrogen (secondary N) is 1. The number of hydrogen-bond acceptors (Lipinski definition) is 5. The predicted octanol–water partition coefficient (Wildman–Crippen LogP) is 18.5. The maximum atomic E-state index is 6.79. The summed E-state index contributed by atoms with van der Waals surface area (Å²) in [5, 5.41) is 10.6. The van der Waals surface area contributed by atoms with E-state index in [4.69, 9.17) is 18.8 Å². The molecule has 6 nitrogen and oxygen atoms in total. The summed E-state index contributed by atoms with van der Waals surface area (Å²) in [5.74, 6) is 1.92. The van der Waals surface area contributed by atoms with Crippen molar-refractivity contribution >= 4 is 77.4 Å². The molecule has 0 saturated heterocycles. The van der Waals surface area contributed by atoms with Gasteiger partial charge < -0.3 is 18.7 Å². The zero-order valence-corrected chi connectivity index (χ0v) is 43.3. The molecule has 1 aliphatic carbocycles. The normalized spacial score (nSPS) is 15.6. The van der Waals surface area contributed by atoms with Crippen molar-refractivity contribution in [2.45, 2.75) is 31.3 Å². The second kappa shape index (κ2) is 18.0. The molecule has 0 fully saturated rings. The van der Waals surface area contributed by atoms with Crippen LogP contribution in [-0.4, -0.2) is 16.2 Å². The lowest BCUT2D eigenvalue weighted by atomic mass is 9.69. The standard InChI is InChI=1S/C73H50N4O2/c1-44(45-17-3-2-4-18-45)61-41-48-19-5-6-24-53(48)59-29-15-28-54(69(59)61)49-36-38-66-62(42-49)70-60(30-16-34-67(70)78-66)73-75-71(50-21-13-20-46(39-50)47-35-37-58-57-27-9-12-33-65(57)79-68(58)43-47)74-72(76-73)51-22-14-23-52(40-51)77-63-31-10-7-25-55(63)56-26-8-11-32-64(56)77/h2-40,42-44,61,71H,41H2,1H3,(H,74,75,76). The van der Waals surface area contributed by atoms with Crippen LogP contribution in [0.3, 0.4) is 0 Å². The molecule has 3 atom stereocenters. The van der Waals surface area contributed by atoms with E-state index in [1.54, 1.807) is 0 Å². The van der Waals surface area contributed by atoms with E-state index in [0.29, 0.717) is 11.8 Å². The molecule has 11 aromatic carbocycles. The minimum Gasteiger partial charge on any atom is -0.456 e. The van der Waals surface area contributed by atoms with Gasteiger partial charge in [0.15, 0.2) is 5.84 Å². The quantitative estimate of drug-likeness (QED) is 0.165. The van der Waals surface area contributed by atoms with Gasteiger partial charge in [0.25, 0.3) is 0 Å². The van der Waals surface area contributed by atoms with Gasteiger partial charge in [-0.3, -0.25) is 0 Å². The molecule has 1 aliphatic heterocycles. The lowest BCUT2D eigenvalue weighted by molar-refractivity contribution is 0.569. The van der Waals surface area contributed by atoms with Crippen molar-refractivity contribution in [2.75, 3.05) is 0 Å². The highest BCUT2D eigenvalue weighted by molar-refractivity contribution is 6.22. The first kappa shape index (κ1) is 45.2. The number of para-hydroxylation sites is 3. The third-order valence-corrected chi connectivity index (χ3v) is 16.8. The monoisotopic (exact) mass is 1010 g/mol. The molecule has 0 amide bonds. The first-order valence-corrected chi connectivity index (χ1v) is 27.3. The van der Waals surface area contributed by atoms with Gasteiger partial charge in [0, 0.05) is 49.1 Å². The van der Waals surface area contributed by atoms with Crippen molar-refractivity contribution in [3.05, 3.63) is 282 Å². The van der Waals surface area contributed by atoms with Crippen LogP contribution in [0.15, 0.2) is 268 Å². The van der Waals surface area contributed by atoms with Gasteiger partial charge in [0.1, 0.15) is 34.3 Å². The van der Waals surface area contributed by atoms with Gasteiger partial charge in [-0.25, -0.2) is 9.98 Å². The maximum Gasteiger partial charge on any atom is 0.159 e. The molecule has 16 rings (SSSR count). The Morgan fingerprint density at radius 2 is 1.09 bits per heavy atom. The van der Waals surface area contributed by atoms with Gasteiger partial charge >= 0.3 is 0 Å². The van der Waals surface area contributed by atoms with Crippen molar-refractivity contribution in [1.29, 1.82) is 0 Å². The first-order valence-electron chi connectivity index (χ1n) is 27.3. The molecule has 0 spiro atoms. The molecule has 14 aromatic rings. The van der Waals surface area contributed by atoms with Crippen LogP contribution in [0.1, 0.15) is 58.3 Å². The lowest BCUT2D eigenvalue weighted by Crippen LogP contribution is -2.33. The summed E-state index contributed by atoms with van der Waals surface area (Å²) in [6.45, 7) is 2.40. The average Bonchev–Trinajstić information content (AvgIpc) is 4.38. The Bertz CT molecular complexity index is 4790. The van der Waals surface area contributed by atoms with Crippen LogP contribution in [0.2, 0.25) is 0 Å². The molecule has 0 bridgehead atoms. The zero-order chi connectivity index (χ0) is 52.1. The highest BCUT2D eigenvalue weighted by atomic mass is 16.3. The maximum absolute atomic E-state index is 6.79. The summed E-state index contributed by atoms with van der Waals surface area (Å²) in [4.78, 5) is 11.0. The Kier molecular flexibility index (Phi) is 10.3. The molecule has 374 valence electrons. The zero-order valence-electron chi connectivity index (χ0n) is 43.3. The third-order valence-electron chi connectivity index (χ3n) is 16.8. The Morgan fingerprint density at radius 1 is 0.456 bits per heavy atom. The van der Waals surface area contributed by atoms with E-state index >= 15 is 0 Å². The summed E-state index contributed by atoms with van der Waals surface area (Å²) >= 11 is 0. The van der Waals surface area contributed by atoms with Gasteiger partial charge in [-0.15, -0.1) is 0 Å². The molecule has 3 aromatic heterocycles. The fourth-order valence-corrected chi connectivity index (χ4v) is 13.0. The number of nitrogens with zero attached hydrogens (tertiary/aromatic N) is 3. The number of fused-ring (bicyclic) bond motifs is 12. The first-order chi connectivity index (χ1) is 39.1. The Morgan fingerprint density at radius 3 is 1.96 bits per heavy atom. The Balaban J connectivity index is 0.851. The number of amidine groups is 2. The summed E-state index contributed by atoms with van der Waals surface area (Å²) in [7, 11) is 0. The summed E-state index contributed by atoms with van der Waals surface area (Å²) < 4.78 is 15.5. The minimum atomic E-state index is -0.486. The van der Waals surface area contributed by atoms with Crippen LogP contribution >= 0.6 is 0 Å². The second-order valence-electron chi connectivity index (χ2n) is 21.2. The molecule has 6 heteroatoms. The van der Waals surface area contributed by atoms with Crippen molar-refractivity contribution in [3.63, 3.8) is 0 Å². The van der Waals surface area contributed by atoms with Gasteiger partial charge in [-0.1, -0.05) is 189 Å². The van der Waals surface area contributed by atoms with E-state index in [9.17, 15) is 0 Å². The van der Waals surface area contributed by atoms with Crippen molar-refractivity contribution < 1.29 is 8.83 Å². The largest absolute Gasteiger partial charge is 0.456 e. The number of aromatic nitrogens is 1. The van der Waals surface area contributed by atoms with Crippen molar-refractivity contribution in [2.24, 2.45) is 9.98 Å². The second-order valence-corrected chi connectivity index (χ2v) is 21.2. The number of furan rings is 2. The molecule has 1 N–H and O–H groups in total. The van der Waals surface area contributed by atoms with Gasteiger partial charge in [-0.05, 0) is 141 Å². The summed E-state index contributed by atoms with van der Waals surface area (Å²) in [6.07, 6.45) is 0.481. The van der Waals surface area contributed by atoms with Crippen LogP contribution in [0.25, 0.3) is 105 Å². The molecule has 0 radical (unpaired) electrons. The van der Waals surface area contributed by atoms with Crippen LogP contribution in [0, 0.1) is 0 Å². The number of rotatable bonds is 8. The molecule has 3 unspecified atom stereocenters. The fourth-order valence-electron chi connectivity index (χ4n) is 13.0. The number of hydrogen-bond donors (Lipinski definition) is 1. The fraction of sp³-hybridized carbons (Fsp3) is 0.0685. The summed E-state index contributed by atoms with van der Waals surface area (Å²) in [6, 6.07) is 89.2. The van der Waals surface area contributed by atoms with E-state index in [2.05, 4.69) is 253 Å². The van der Waals surface area contributed by atoms with Crippen LogP contribution in [0.4, 0.5) is 0 Å². The highest BCUT2D eigenvalue weighted by Gasteiger charge is 2.32. The number of aliphatic imine (C=N–C) groups is 2. The van der Waals surface area contributed by atoms with E-state index in [0.717, 1.165) is 106 Å². The molecule has 79 heavy (non-hydrogen) atoms. The Labute approximate surface area is 456 Å². The van der Waals surface area contributed by atoms with E-state index in [1.807, 2.05) is 12.1 Å². The average molecular weight is 1020 g/mol. The van der Waals surface area contributed by atoms with E-state index < -0.39 is 6.17 Å². The molecule has 4 heterocycles. The van der Waals surface area contributed by atoms with E-state index in [-0.39, 0.29) is 5.92 Å². The van der Waals surface area contributed by atoms with Gasteiger partial charge in [-0.2, -0.15) is 0 Å². The molecule has 0 saturated carbocycles. The number of benzene rings is 11. The van der Waals surface area contributed by atoms with Gasteiger partial charge in [0.05, 0.1) is 11.0 Å². The highest BCUT2D eigenvalue weighted by Crippen LogP contribution is 2.50. The SMILES string of the molecule is CC(c1ccccc1)C1Cc2ccccc2-c2cccc(-c3ccc4oc5cccc(C6=NC(c7cccc(-n8c9ccccc9c9ccccc98)c7)=NC(c7cccc(-c8ccc9c(c8)oc8ccccc89)c7)N6)c5c4c3)c21. The van der Waals surface area contributed by atoms with Crippen molar-refractivity contribution in [1.82, 2.24) is 9.88 Å².